The second-order valence-corrected chi connectivity index (χ2v) is 5.18. The predicted octanol–water partition coefficient (Wildman–Crippen LogP) is 0.905. The first-order valence-electron chi connectivity index (χ1n) is 5.18. The number of methoxy groups -OCH3 is 1. The molecule has 0 fully saturated rings. The van der Waals surface area contributed by atoms with Crippen LogP contribution in [0.1, 0.15) is 6.42 Å². The maximum Gasteiger partial charge on any atom is 0.271 e. The maximum atomic E-state index is 12.0. The Labute approximate surface area is 110 Å². The van der Waals surface area contributed by atoms with E-state index in [1.807, 2.05) is 0 Å². The van der Waals surface area contributed by atoms with Crippen LogP contribution in [-0.2, 0) is 10.0 Å². The number of rotatable bonds is 6. The summed E-state index contributed by atoms with van der Waals surface area (Å²) in [6, 6.07) is 3.34. The van der Waals surface area contributed by atoms with E-state index >= 15 is 0 Å². The van der Waals surface area contributed by atoms with Gasteiger partial charge in [0, 0.05) is 25.1 Å². The topological polar surface area (TPSA) is 98.5 Å². The first kappa shape index (κ1) is 14.9. The Bertz CT molecular complexity index is 618. The van der Waals surface area contributed by atoms with Crippen molar-refractivity contribution in [2.24, 2.45) is 0 Å². The van der Waals surface area contributed by atoms with Gasteiger partial charge in [-0.2, -0.15) is 0 Å². The van der Waals surface area contributed by atoms with Crippen molar-refractivity contribution < 1.29 is 18.1 Å². The van der Waals surface area contributed by atoms with Crippen LogP contribution < -0.4 is 9.46 Å². The molecule has 7 nitrogen and oxygen atoms in total. The normalized spacial score (nSPS) is 10.7. The van der Waals surface area contributed by atoms with E-state index in [9.17, 15) is 18.5 Å². The average molecular weight is 284 g/mol. The lowest BCUT2D eigenvalue weighted by atomic mass is 10.3. The smallest absolute Gasteiger partial charge is 0.271 e. The molecule has 0 aliphatic rings. The van der Waals surface area contributed by atoms with Crippen LogP contribution in [-0.4, -0.2) is 27.0 Å². The van der Waals surface area contributed by atoms with Gasteiger partial charge >= 0.3 is 0 Å². The van der Waals surface area contributed by atoms with Crippen LogP contribution >= 0.6 is 0 Å². The highest BCUT2D eigenvalue weighted by molar-refractivity contribution is 7.89. The Morgan fingerprint density at radius 2 is 2.21 bits per heavy atom. The van der Waals surface area contributed by atoms with Crippen molar-refractivity contribution >= 4 is 15.7 Å². The lowest BCUT2D eigenvalue weighted by Gasteiger charge is -2.09. The van der Waals surface area contributed by atoms with Gasteiger partial charge in [0.25, 0.3) is 5.69 Å². The minimum absolute atomic E-state index is 0.0267. The van der Waals surface area contributed by atoms with E-state index in [1.165, 1.54) is 19.2 Å². The van der Waals surface area contributed by atoms with Gasteiger partial charge in [0.05, 0.1) is 12.0 Å². The predicted molar refractivity (Wildman–Crippen MR) is 68.3 cm³/mol. The Kier molecular flexibility index (Phi) is 4.86. The fourth-order valence-electron chi connectivity index (χ4n) is 1.32. The molecule has 0 aliphatic heterocycles. The van der Waals surface area contributed by atoms with E-state index in [4.69, 9.17) is 11.2 Å². The number of nitrogens with one attached hydrogen (secondary N) is 1. The van der Waals surface area contributed by atoms with Gasteiger partial charge in [-0.1, -0.05) is 0 Å². The fraction of sp³-hybridized carbons (Fsp3) is 0.273. The van der Waals surface area contributed by atoms with Crippen molar-refractivity contribution in [1.82, 2.24) is 4.72 Å². The summed E-state index contributed by atoms with van der Waals surface area (Å²) in [5, 5.41) is 10.7. The Hall–Kier alpha value is -2.11. The van der Waals surface area contributed by atoms with Gasteiger partial charge in [-0.05, 0) is 6.07 Å². The number of non-ortho nitro benzene ring substituents is 1. The van der Waals surface area contributed by atoms with Gasteiger partial charge in [-0.15, -0.1) is 12.3 Å². The van der Waals surface area contributed by atoms with E-state index in [0.29, 0.717) is 0 Å². The molecule has 0 atom stereocenters. The van der Waals surface area contributed by atoms with Crippen molar-refractivity contribution in [3.05, 3.63) is 28.3 Å². The van der Waals surface area contributed by atoms with Crippen LogP contribution in [0.25, 0.3) is 0 Å². The average Bonchev–Trinajstić information content (AvgIpc) is 2.38. The number of hydrogen-bond acceptors (Lipinski definition) is 5. The second-order valence-electron chi connectivity index (χ2n) is 3.44. The number of ether oxygens (including phenoxy) is 1. The molecule has 0 heterocycles. The van der Waals surface area contributed by atoms with Crippen molar-refractivity contribution in [3.63, 3.8) is 0 Å². The third kappa shape index (κ3) is 3.67. The van der Waals surface area contributed by atoms with E-state index in [1.54, 1.807) is 0 Å². The largest absolute Gasteiger partial charge is 0.495 e. The van der Waals surface area contributed by atoms with Gasteiger partial charge in [-0.25, -0.2) is 13.1 Å². The molecule has 0 amide bonds. The molecular weight excluding hydrogens is 272 g/mol. The third-order valence-electron chi connectivity index (χ3n) is 2.21. The molecule has 0 unspecified atom stereocenters. The molecule has 0 saturated heterocycles. The van der Waals surface area contributed by atoms with Crippen LogP contribution in [0.5, 0.6) is 5.75 Å². The minimum Gasteiger partial charge on any atom is -0.495 e. The Morgan fingerprint density at radius 1 is 1.53 bits per heavy atom. The van der Waals surface area contributed by atoms with E-state index < -0.39 is 14.9 Å². The molecule has 0 spiro atoms. The summed E-state index contributed by atoms with van der Waals surface area (Å²) >= 11 is 0. The highest BCUT2D eigenvalue weighted by Crippen LogP contribution is 2.27. The van der Waals surface area contributed by atoms with Crippen LogP contribution in [0.4, 0.5) is 5.69 Å². The molecule has 1 rings (SSSR count). The molecule has 8 heteroatoms. The molecule has 0 radical (unpaired) electrons. The highest BCUT2D eigenvalue weighted by atomic mass is 32.2. The summed E-state index contributed by atoms with van der Waals surface area (Å²) < 4.78 is 31.1. The van der Waals surface area contributed by atoms with Gasteiger partial charge in [-0.3, -0.25) is 10.1 Å². The van der Waals surface area contributed by atoms with Gasteiger partial charge < -0.3 is 4.74 Å². The number of benzene rings is 1. The van der Waals surface area contributed by atoms with Gasteiger partial charge in [0.15, 0.2) is 0 Å². The molecule has 1 N–H and O–H groups in total. The van der Waals surface area contributed by atoms with Crippen LogP contribution in [0, 0.1) is 22.5 Å². The molecule has 1 aromatic rings. The van der Waals surface area contributed by atoms with Gasteiger partial charge in [0.2, 0.25) is 10.0 Å². The van der Waals surface area contributed by atoms with E-state index in [-0.39, 0.29) is 29.3 Å². The quantitative estimate of drug-likeness (QED) is 0.362. The Balaban J connectivity index is 3.19. The summed E-state index contributed by atoms with van der Waals surface area (Å²) in [7, 11) is -2.63. The van der Waals surface area contributed by atoms with Crippen molar-refractivity contribution in [2.45, 2.75) is 11.3 Å². The summed E-state index contributed by atoms with van der Waals surface area (Å²) in [4.78, 5) is 9.69. The zero-order valence-electron chi connectivity index (χ0n) is 10.1. The fourth-order valence-corrected chi connectivity index (χ4v) is 2.54. The molecule has 0 aliphatic carbocycles. The molecule has 19 heavy (non-hydrogen) atoms. The molecule has 102 valence electrons. The molecular formula is C11H12N2O5S. The monoisotopic (exact) mass is 284 g/mol. The van der Waals surface area contributed by atoms with Gasteiger partial charge in [0.1, 0.15) is 10.6 Å². The number of nitro benzene ring substituents is 1. The van der Waals surface area contributed by atoms with Crippen LogP contribution in [0.15, 0.2) is 23.1 Å². The summed E-state index contributed by atoms with van der Waals surface area (Å²) in [5.41, 5.74) is -0.335. The zero-order chi connectivity index (χ0) is 14.5. The first-order chi connectivity index (χ1) is 8.92. The number of sulfonamides is 1. The minimum atomic E-state index is -3.91. The van der Waals surface area contributed by atoms with Crippen LogP contribution in [0.2, 0.25) is 0 Å². The maximum absolute atomic E-state index is 12.0. The highest BCUT2D eigenvalue weighted by Gasteiger charge is 2.22. The third-order valence-corrected chi connectivity index (χ3v) is 3.69. The Morgan fingerprint density at radius 3 is 2.74 bits per heavy atom. The number of terminal acetylenes is 1. The van der Waals surface area contributed by atoms with Crippen molar-refractivity contribution in [2.75, 3.05) is 13.7 Å². The summed E-state index contributed by atoms with van der Waals surface area (Å²) in [5.74, 6) is 2.31. The molecule has 1 aromatic carbocycles. The summed E-state index contributed by atoms with van der Waals surface area (Å²) in [6.45, 7) is 0.0463. The van der Waals surface area contributed by atoms with E-state index in [0.717, 1.165) is 6.07 Å². The number of nitro groups is 1. The first-order valence-corrected chi connectivity index (χ1v) is 6.66. The number of nitrogens with zero attached hydrogens (tertiary/aromatic N) is 1. The summed E-state index contributed by atoms with van der Waals surface area (Å²) in [6.07, 6.45) is 5.24. The number of hydrogen-bond donors (Lipinski definition) is 1. The van der Waals surface area contributed by atoms with E-state index in [2.05, 4.69) is 10.6 Å². The molecule has 0 saturated carbocycles. The molecule has 0 aromatic heterocycles. The molecule has 0 bridgehead atoms. The van der Waals surface area contributed by atoms with Crippen LogP contribution in [0.3, 0.4) is 0 Å². The SMILES string of the molecule is C#CCCNS(=O)(=O)c1cc([N+](=O)[O-])ccc1OC. The van der Waals surface area contributed by atoms with Crippen molar-refractivity contribution in [1.29, 1.82) is 0 Å². The zero-order valence-corrected chi connectivity index (χ0v) is 10.9. The van der Waals surface area contributed by atoms with Crippen molar-refractivity contribution in [3.8, 4) is 18.1 Å². The lowest BCUT2D eigenvalue weighted by Crippen LogP contribution is -2.25. The lowest BCUT2D eigenvalue weighted by molar-refractivity contribution is -0.385. The standard InChI is InChI=1S/C11H12N2O5S/c1-3-4-7-12-19(16,17)11-8-9(13(14)15)5-6-10(11)18-2/h1,5-6,8,12H,4,7H2,2H3. The second kappa shape index (κ2) is 6.17.